The summed E-state index contributed by atoms with van der Waals surface area (Å²) < 4.78 is 5.39. The molecule has 0 aliphatic heterocycles. The van der Waals surface area contributed by atoms with E-state index >= 15 is 0 Å². The molecule has 0 fully saturated rings. The van der Waals surface area contributed by atoms with Gasteiger partial charge in [-0.15, -0.1) is 0 Å². The van der Waals surface area contributed by atoms with Crippen molar-refractivity contribution >= 4 is 5.91 Å². The molecule has 1 amide bonds. The summed E-state index contributed by atoms with van der Waals surface area (Å²) in [4.78, 5) is 11.8. The van der Waals surface area contributed by atoms with Gasteiger partial charge in [-0.2, -0.15) is 0 Å². The molecule has 0 heterocycles. The summed E-state index contributed by atoms with van der Waals surface area (Å²) in [6, 6.07) is 7.89. The van der Waals surface area contributed by atoms with Gasteiger partial charge >= 0.3 is 0 Å². The van der Waals surface area contributed by atoms with Gasteiger partial charge in [0.1, 0.15) is 5.75 Å². The fourth-order valence-electron chi connectivity index (χ4n) is 3.77. The summed E-state index contributed by atoms with van der Waals surface area (Å²) in [6.45, 7) is 2.26. The van der Waals surface area contributed by atoms with E-state index in [-0.39, 0.29) is 11.8 Å². The zero-order chi connectivity index (χ0) is 21.2. The van der Waals surface area contributed by atoms with Crippen molar-refractivity contribution in [3.63, 3.8) is 0 Å². The van der Waals surface area contributed by atoms with Gasteiger partial charge in [0.25, 0.3) is 0 Å². The summed E-state index contributed by atoms with van der Waals surface area (Å²) in [5.74, 6) is 0.531. The number of hydrogen-bond acceptors (Lipinski definition) is 2. The van der Waals surface area contributed by atoms with Crippen LogP contribution in [0.25, 0.3) is 0 Å². The summed E-state index contributed by atoms with van der Waals surface area (Å²) in [5, 5.41) is 0. The van der Waals surface area contributed by atoms with Crippen molar-refractivity contribution in [1.29, 1.82) is 0 Å². The number of para-hydroxylation sites is 1. The highest BCUT2D eigenvalue weighted by Gasteiger charge is 2.17. The molecule has 3 nitrogen and oxygen atoms in total. The fraction of sp³-hybridized carbons (Fsp3) is 0.654. The Morgan fingerprint density at radius 1 is 0.931 bits per heavy atom. The van der Waals surface area contributed by atoms with Crippen molar-refractivity contribution in [2.45, 2.75) is 96.8 Å². The van der Waals surface area contributed by atoms with E-state index < -0.39 is 0 Å². The Hall–Kier alpha value is -1.77. The van der Waals surface area contributed by atoms with Crippen LogP contribution in [0.2, 0.25) is 0 Å². The number of benzene rings is 1. The monoisotopic (exact) mass is 401 g/mol. The molecule has 1 rings (SSSR count). The zero-order valence-electron chi connectivity index (χ0n) is 18.8. The minimum atomic E-state index is -0.200. The lowest BCUT2D eigenvalue weighted by atomic mass is 9.92. The topological polar surface area (TPSA) is 52.3 Å². The number of amides is 1. The lowest BCUT2D eigenvalue weighted by Crippen LogP contribution is -2.25. The molecule has 0 aromatic heterocycles. The third-order valence-electron chi connectivity index (χ3n) is 5.63. The van der Waals surface area contributed by atoms with Crippen LogP contribution in [-0.4, -0.2) is 13.0 Å². The zero-order valence-corrected chi connectivity index (χ0v) is 18.8. The van der Waals surface area contributed by atoms with Crippen LogP contribution in [0.15, 0.2) is 36.4 Å². The van der Waals surface area contributed by atoms with E-state index in [1.54, 1.807) is 7.11 Å². The molecule has 0 radical (unpaired) electrons. The molecule has 0 aliphatic rings. The van der Waals surface area contributed by atoms with Gasteiger partial charge in [0.05, 0.1) is 7.11 Å². The maximum Gasteiger partial charge on any atom is 0.220 e. The molecule has 0 saturated heterocycles. The van der Waals surface area contributed by atoms with Gasteiger partial charge in [-0.3, -0.25) is 4.79 Å². The first-order chi connectivity index (χ1) is 14.2. The number of allylic oxidation sites excluding steroid dienone is 2. The molecule has 0 saturated carbocycles. The van der Waals surface area contributed by atoms with Crippen molar-refractivity contribution in [2.24, 2.45) is 11.7 Å². The maximum absolute atomic E-state index is 11.8. The summed E-state index contributed by atoms with van der Waals surface area (Å²) in [5.41, 5.74) is 6.71. The SMILES string of the molecule is CCCCCCCC/C=C\CCCCCCC(Cc1ccccc1OC)C(N)=O. The predicted octanol–water partition coefficient (Wildman–Crippen LogP) is 6.99. The largest absolute Gasteiger partial charge is 0.496 e. The smallest absolute Gasteiger partial charge is 0.220 e. The molecule has 0 bridgehead atoms. The minimum absolute atomic E-state index is 0.108. The number of methoxy groups -OCH3 is 1. The average Bonchev–Trinajstić information content (AvgIpc) is 2.73. The Bertz CT molecular complexity index is 568. The fourth-order valence-corrected chi connectivity index (χ4v) is 3.77. The molecule has 3 heteroatoms. The number of ether oxygens (including phenoxy) is 1. The van der Waals surface area contributed by atoms with E-state index in [0.29, 0.717) is 6.42 Å². The van der Waals surface area contributed by atoms with E-state index in [9.17, 15) is 4.79 Å². The second kappa shape index (κ2) is 17.1. The third kappa shape index (κ3) is 12.4. The Balaban J connectivity index is 2.10. The summed E-state index contributed by atoms with van der Waals surface area (Å²) in [6.07, 6.45) is 21.5. The minimum Gasteiger partial charge on any atom is -0.496 e. The highest BCUT2D eigenvalue weighted by atomic mass is 16.5. The molecule has 1 aromatic rings. The van der Waals surface area contributed by atoms with E-state index in [0.717, 1.165) is 24.2 Å². The van der Waals surface area contributed by atoms with Crippen LogP contribution in [0.5, 0.6) is 5.75 Å². The first-order valence-electron chi connectivity index (χ1n) is 11.7. The normalized spacial score (nSPS) is 12.3. The molecular formula is C26H43NO2. The van der Waals surface area contributed by atoms with E-state index in [4.69, 9.17) is 10.5 Å². The Morgan fingerprint density at radius 2 is 1.52 bits per heavy atom. The highest BCUT2D eigenvalue weighted by Crippen LogP contribution is 2.23. The second-order valence-corrected chi connectivity index (χ2v) is 8.13. The molecule has 0 aliphatic carbocycles. The predicted molar refractivity (Wildman–Crippen MR) is 124 cm³/mol. The van der Waals surface area contributed by atoms with Crippen LogP contribution >= 0.6 is 0 Å². The van der Waals surface area contributed by atoms with Gasteiger partial charge in [0.2, 0.25) is 5.91 Å². The molecule has 1 atom stereocenters. The van der Waals surface area contributed by atoms with Crippen molar-refractivity contribution in [3.05, 3.63) is 42.0 Å². The van der Waals surface area contributed by atoms with Crippen LogP contribution in [0.4, 0.5) is 0 Å². The molecule has 1 aromatic carbocycles. The molecule has 29 heavy (non-hydrogen) atoms. The molecular weight excluding hydrogens is 358 g/mol. The molecule has 2 N–H and O–H groups in total. The quantitative estimate of drug-likeness (QED) is 0.213. The number of primary amides is 1. The Kier molecular flexibility index (Phi) is 14.9. The van der Waals surface area contributed by atoms with Crippen molar-refractivity contribution in [1.82, 2.24) is 0 Å². The number of rotatable bonds is 18. The summed E-state index contributed by atoms with van der Waals surface area (Å²) >= 11 is 0. The van der Waals surface area contributed by atoms with Gasteiger partial charge in [0, 0.05) is 5.92 Å². The van der Waals surface area contributed by atoms with E-state index in [2.05, 4.69) is 19.1 Å². The lowest BCUT2D eigenvalue weighted by molar-refractivity contribution is -0.122. The first-order valence-corrected chi connectivity index (χ1v) is 11.7. The van der Waals surface area contributed by atoms with Crippen LogP contribution in [0.3, 0.4) is 0 Å². The molecule has 1 unspecified atom stereocenters. The standard InChI is InChI=1S/C26H43NO2/c1-3-4-5-6-7-8-9-10-11-12-13-14-15-16-20-24(26(27)28)22-23-19-17-18-21-25(23)29-2/h10-11,17-19,21,24H,3-9,12-16,20,22H2,1-2H3,(H2,27,28)/b11-10-. The maximum atomic E-state index is 11.8. The Morgan fingerprint density at radius 3 is 2.14 bits per heavy atom. The lowest BCUT2D eigenvalue weighted by Gasteiger charge is -2.15. The van der Waals surface area contributed by atoms with Crippen LogP contribution in [-0.2, 0) is 11.2 Å². The average molecular weight is 402 g/mol. The highest BCUT2D eigenvalue weighted by molar-refractivity contribution is 5.77. The van der Waals surface area contributed by atoms with Gasteiger partial charge in [-0.25, -0.2) is 0 Å². The number of hydrogen-bond donors (Lipinski definition) is 1. The van der Waals surface area contributed by atoms with E-state index in [1.165, 1.54) is 70.6 Å². The molecule has 0 spiro atoms. The first kappa shape index (κ1) is 25.3. The molecule has 164 valence electrons. The third-order valence-corrected chi connectivity index (χ3v) is 5.63. The van der Waals surface area contributed by atoms with Crippen LogP contribution in [0.1, 0.15) is 96.0 Å². The van der Waals surface area contributed by atoms with Gasteiger partial charge in [-0.05, 0) is 50.2 Å². The summed E-state index contributed by atoms with van der Waals surface area (Å²) in [7, 11) is 1.67. The number of unbranched alkanes of at least 4 members (excludes halogenated alkanes) is 10. The van der Waals surface area contributed by atoms with Crippen LogP contribution < -0.4 is 10.5 Å². The number of carbonyl (C=O) groups is 1. The van der Waals surface area contributed by atoms with E-state index in [1.807, 2.05) is 24.3 Å². The van der Waals surface area contributed by atoms with Gasteiger partial charge in [-0.1, -0.05) is 88.6 Å². The van der Waals surface area contributed by atoms with Crippen molar-refractivity contribution in [3.8, 4) is 5.75 Å². The second-order valence-electron chi connectivity index (χ2n) is 8.13. The van der Waals surface area contributed by atoms with Gasteiger partial charge in [0.15, 0.2) is 0 Å². The van der Waals surface area contributed by atoms with Crippen molar-refractivity contribution < 1.29 is 9.53 Å². The number of carbonyl (C=O) groups excluding carboxylic acids is 1. The van der Waals surface area contributed by atoms with Crippen molar-refractivity contribution in [2.75, 3.05) is 7.11 Å². The van der Waals surface area contributed by atoms with Gasteiger partial charge < -0.3 is 10.5 Å². The number of nitrogens with two attached hydrogens (primary N) is 1. The van der Waals surface area contributed by atoms with Crippen LogP contribution in [0, 0.1) is 5.92 Å². The Labute approximate surface area is 179 Å².